The SMILES string of the molecule is CC(CO)SCc1cc(-c2cccs2)on1. The second kappa shape index (κ2) is 5.52. The molecule has 0 amide bonds. The van der Waals surface area contributed by atoms with E-state index in [1.807, 2.05) is 30.5 Å². The van der Waals surface area contributed by atoms with Gasteiger partial charge in [0.05, 0.1) is 17.2 Å². The van der Waals surface area contributed by atoms with Crippen molar-refractivity contribution in [3.05, 3.63) is 29.3 Å². The Morgan fingerprint density at radius 3 is 3.19 bits per heavy atom. The number of aliphatic hydroxyl groups is 1. The molecule has 0 radical (unpaired) electrons. The van der Waals surface area contributed by atoms with Crippen molar-refractivity contribution >= 4 is 23.1 Å². The Balaban J connectivity index is 1.98. The van der Waals surface area contributed by atoms with Crippen LogP contribution in [-0.4, -0.2) is 22.1 Å². The maximum atomic E-state index is 8.91. The van der Waals surface area contributed by atoms with Crippen LogP contribution in [0.1, 0.15) is 12.6 Å². The average Bonchev–Trinajstić information content (AvgIpc) is 2.95. The highest BCUT2D eigenvalue weighted by Gasteiger charge is 2.08. The molecule has 1 unspecified atom stereocenters. The highest BCUT2D eigenvalue weighted by Crippen LogP contribution is 2.26. The molecular formula is C11H13NO2S2. The lowest BCUT2D eigenvalue weighted by Gasteiger charge is -2.03. The Bertz CT molecular complexity index is 425. The van der Waals surface area contributed by atoms with Crippen LogP contribution in [0.4, 0.5) is 0 Å². The van der Waals surface area contributed by atoms with Crippen LogP contribution in [0.2, 0.25) is 0 Å². The minimum absolute atomic E-state index is 0.195. The molecule has 5 heteroatoms. The lowest BCUT2D eigenvalue weighted by Crippen LogP contribution is -2.02. The van der Waals surface area contributed by atoms with Gasteiger partial charge in [0.2, 0.25) is 0 Å². The van der Waals surface area contributed by atoms with E-state index in [0.29, 0.717) is 0 Å². The number of thioether (sulfide) groups is 1. The molecule has 0 spiro atoms. The monoisotopic (exact) mass is 255 g/mol. The fourth-order valence-corrected chi connectivity index (χ4v) is 2.57. The second-order valence-corrected chi connectivity index (χ2v) is 5.84. The third-order valence-corrected chi connectivity index (χ3v) is 4.16. The van der Waals surface area contributed by atoms with Gasteiger partial charge in [0.15, 0.2) is 5.76 Å². The van der Waals surface area contributed by atoms with E-state index < -0.39 is 0 Å². The molecule has 86 valence electrons. The standard InChI is InChI=1S/C11H13NO2S2/c1-8(6-13)16-7-9-5-10(14-12-9)11-3-2-4-15-11/h2-5,8,13H,6-7H2,1H3. The van der Waals surface area contributed by atoms with E-state index in [4.69, 9.17) is 9.63 Å². The van der Waals surface area contributed by atoms with Gasteiger partial charge >= 0.3 is 0 Å². The fraction of sp³-hybridized carbons (Fsp3) is 0.364. The van der Waals surface area contributed by atoms with E-state index in [1.165, 1.54) is 0 Å². The summed E-state index contributed by atoms with van der Waals surface area (Å²) in [5, 5.41) is 15.2. The van der Waals surface area contributed by atoms with Crippen molar-refractivity contribution in [2.75, 3.05) is 6.61 Å². The van der Waals surface area contributed by atoms with Crippen LogP contribution >= 0.6 is 23.1 Å². The van der Waals surface area contributed by atoms with Gasteiger partial charge in [-0.25, -0.2) is 0 Å². The Hall–Kier alpha value is -0.780. The number of aliphatic hydroxyl groups excluding tert-OH is 1. The highest BCUT2D eigenvalue weighted by atomic mass is 32.2. The van der Waals surface area contributed by atoms with Crippen molar-refractivity contribution in [3.8, 4) is 10.6 Å². The normalized spacial score (nSPS) is 12.9. The van der Waals surface area contributed by atoms with Crippen molar-refractivity contribution in [3.63, 3.8) is 0 Å². The van der Waals surface area contributed by atoms with Crippen LogP contribution in [0.3, 0.4) is 0 Å². The summed E-state index contributed by atoms with van der Waals surface area (Å²) in [5.41, 5.74) is 0.925. The van der Waals surface area contributed by atoms with Gasteiger partial charge in [-0.15, -0.1) is 23.1 Å². The Labute approximate surface area is 102 Å². The number of aromatic nitrogens is 1. The van der Waals surface area contributed by atoms with Crippen molar-refractivity contribution in [1.82, 2.24) is 5.16 Å². The van der Waals surface area contributed by atoms with E-state index in [-0.39, 0.29) is 11.9 Å². The zero-order valence-corrected chi connectivity index (χ0v) is 10.6. The van der Waals surface area contributed by atoms with Crippen molar-refractivity contribution < 1.29 is 9.63 Å². The molecule has 0 aliphatic rings. The lowest BCUT2D eigenvalue weighted by molar-refractivity contribution is 0.300. The van der Waals surface area contributed by atoms with Crippen LogP contribution in [0.25, 0.3) is 10.6 Å². The summed E-state index contributed by atoms with van der Waals surface area (Å²) in [6.45, 7) is 2.19. The molecule has 0 bridgehead atoms. The molecule has 0 fully saturated rings. The molecule has 2 rings (SSSR count). The van der Waals surface area contributed by atoms with Gasteiger partial charge in [0, 0.05) is 17.1 Å². The first-order valence-corrected chi connectivity index (χ1v) is 6.94. The highest BCUT2D eigenvalue weighted by molar-refractivity contribution is 7.99. The topological polar surface area (TPSA) is 46.3 Å². The third kappa shape index (κ3) is 2.87. The molecule has 2 aromatic rings. The number of nitrogens with zero attached hydrogens (tertiary/aromatic N) is 1. The molecular weight excluding hydrogens is 242 g/mol. The summed E-state index contributed by atoms with van der Waals surface area (Å²) in [6.07, 6.45) is 0. The van der Waals surface area contributed by atoms with Crippen LogP contribution in [0.15, 0.2) is 28.1 Å². The van der Waals surface area contributed by atoms with Crippen LogP contribution in [0.5, 0.6) is 0 Å². The van der Waals surface area contributed by atoms with E-state index in [2.05, 4.69) is 5.16 Å². The molecule has 0 aromatic carbocycles. The quantitative estimate of drug-likeness (QED) is 0.892. The van der Waals surface area contributed by atoms with E-state index in [0.717, 1.165) is 22.1 Å². The summed E-state index contributed by atoms with van der Waals surface area (Å²) in [4.78, 5) is 1.10. The van der Waals surface area contributed by atoms with Gasteiger partial charge in [0.25, 0.3) is 0 Å². The van der Waals surface area contributed by atoms with Gasteiger partial charge in [-0.3, -0.25) is 0 Å². The minimum Gasteiger partial charge on any atom is -0.395 e. The summed E-state index contributed by atoms with van der Waals surface area (Å²) < 4.78 is 5.26. The molecule has 2 heterocycles. The number of thiophene rings is 1. The van der Waals surface area contributed by atoms with Crippen molar-refractivity contribution in [2.24, 2.45) is 0 Å². The summed E-state index contributed by atoms with van der Waals surface area (Å²) in [7, 11) is 0. The van der Waals surface area contributed by atoms with E-state index in [1.54, 1.807) is 23.1 Å². The maximum absolute atomic E-state index is 8.91. The maximum Gasteiger partial charge on any atom is 0.177 e. The Kier molecular flexibility index (Phi) is 4.04. The number of hydrogen-bond donors (Lipinski definition) is 1. The van der Waals surface area contributed by atoms with Gasteiger partial charge < -0.3 is 9.63 Å². The van der Waals surface area contributed by atoms with Gasteiger partial charge in [-0.1, -0.05) is 18.1 Å². The molecule has 1 atom stereocenters. The molecule has 0 aliphatic heterocycles. The lowest BCUT2D eigenvalue weighted by atomic mass is 10.3. The van der Waals surface area contributed by atoms with Crippen LogP contribution in [-0.2, 0) is 5.75 Å². The van der Waals surface area contributed by atoms with Crippen LogP contribution < -0.4 is 0 Å². The molecule has 16 heavy (non-hydrogen) atoms. The number of hydrogen-bond acceptors (Lipinski definition) is 5. The third-order valence-electron chi connectivity index (χ3n) is 2.10. The zero-order chi connectivity index (χ0) is 11.4. The first-order valence-electron chi connectivity index (χ1n) is 5.01. The van der Waals surface area contributed by atoms with Crippen LogP contribution in [0, 0.1) is 0 Å². The average molecular weight is 255 g/mol. The first kappa shape index (κ1) is 11.7. The molecule has 0 saturated carbocycles. The summed E-state index contributed by atoms with van der Waals surface area (Å²) in [5.74, 6) is 1.60. The van der Waals surface area contributed by atoms with Crippen molar-refractivity contribution in [2.45, 2.75) is 17.9 Å². The van der Waals surface area contributed by atoms with E-state index in [9.17, 15) is 0 Å². The smallest absolute Gasteiger partial charge is 0.177 e. The predicted octanol–water partition coefficient (Wildman–Crippen LogP) is 3.02. The van der Waals surface area contributed by atoms with Gasteiger partial charge in [-0.05, 0) is 11.4 Å². The van der Waals surface area contributed by atoms with Gasteiger partial charge in [-0.2, -0.15) is 0 Å². The summed E-state index contributed by atoms with van der Waals surface area (Å²) in [6, 6.07) is 5.96. The summed E-state index contributed by atoms with van der Waals surface area (Å²) >= 11 is 3.31. The van der Waals surface area contributed by atoms with E-state index >= 15 is 0 Å². The molecule has 1 N–H and O–H groups in total. The minimum atomic E-state index is 0.195. The Morgan fingerprint density at radius 1 is 1.62 bits per heavy atom. The van der Waals surface area contributed by atoms with Gasteiger partial charge in [0.1, 0.15) is 0 Å². The number of rotatable bonds is 5. The zero-order valence-electron chi connectivity index (χ0n) is 8.92. The molecule has 0 aliphatic carbocycles. The largest absolute Gasteiger partial charge is 0.395 e. The van der Waals surface area contributed by atoms with Crippen molar-refractivity contribution in [1.29, 1.82) is 0 Å². The Morgan fingerprint density at radius 2 is 2.50 bits per heavy atom. The first-order chi connectivity index (χ1) is 7.79. The fourth-order valence-electron chi connectivity index (χ4n) is 1.20. The second-order valence-electron chi connectivity index (χ2n) is 3.46. The molecule has 3 nitrogen and oxygen atoms in total. The molecule has 2 aromatic heterocycles. The predicted molar refractivity (Wildman–Crippen MR) is 67.7 cm³/mol. The molecule has 0 saturated heterocycles.